The second kappa shape index (κ2) is 6.93. The van der Waals surface area contributed by atoms with Crippen molar-refractivity contribution in [3.8, 4) is 5.75 Å². The van der Waals surface area contributed by atoms with Crippen molar-refractivity contribution >= 4 is 5.97 Å². The van der Waals surface area contributed by atoms with Crippen LogP contribution in [-0.4, -0.2) is 18.2 Å². The fourth-order valence-electron chi connectivity index (χ4n) is 2.33. The molecule has 1 unspecified atom stereocenters. The topological polar surface area (TPSA) is 46.5 Å². The third kappa shape index (κ3) is 3.85. The second-order valence-electron chi connectivity index (χ2n) is 5.04. The van der Waals surface area contributed by atoms with Crippen molar-refractivity contribution in [2.75, 3.05) is 7.11 Å². The highest BCUT2D eigenvalue weighted by molar-refractivity contribution is 5.76. The monoisotopic (exact) mass is 284 g/mol. The summed E-state index contributed by atoms with van der Waals surface area (Å²) in [6, 6.07) is 15.4. The maximum absolute atomic E-state index is 11.6. The summed E-state index contributed by atoms with van der Waals surface area (Å²) in [7, 11) is 1.60. The van der Waals surface area contributed by atoms with Gasteiger partial charge in [0.25, 0.3) is 0 Å². The molecule has 3 nitrogen and oxygen atoms in total. The molecule has 0 aliphatic carbocycles. The largest absolute Gasteiger partial charge is 0.497 e. The van der Waals surface area contributed by atoms with E-state index in [1.165, 1.54) is 5.56 Å². The van der Waals surface area contributed by atoms with Crippen molar-refractivity contribution in [3.63, 3.8) is 0 Å². The summed E-state index contributed by atoms with van der Waals surface area (Å²) in [5.41, 5.74) is 3.09. The van der Waals surface area contributed by atoms with Gasteiger partial charge in [-0.3, -0.25) is 4.79 Å². The Morgan fingerprint density at radius 1 is 1.05 bits per heavy atom. The molecule has 0 saturated carbocycles. The number of methoxy groups -OCH3 is 1. The summed E-state index contributed by atoms with van der Waals surface area (Å²) in [5.74, 6) is -0.613. The van der Waals surface area contributed by atoms with E-state index in [4.69, 9.17) is 4.74 Å². The predicted octanol–water partition coefficient (Wildman–Crippen LogP) is 3.67. The summed E-state index contributed by atoms with van der Waals surface area (Å²) in [5, 5.41) is 9.48. The van der Waals surface area contributed by atoms with Gasteiger partial charge >= 0.3 is 5.97 Å². The number of ether oxygens (including phenoxy) is 1. The molecule has 0 radical (unpaired) electrons. The Bertz CT molecular complexity index is 585. The van der Waals surface area contributed by atoms with Crippen molar-refractivity contribution in [3.05, 3.63) is 65.2 Å². The fraction of sp³-hybridized carbons (Fsp3) is 0.278. The molecule has 2 aromatic rings. The average Bonchev–Trinajstić information content (AvgIpc) is 2.53. The first-order chi connectivity index (χ1) is 10.1. The molecule has 0 aliphatic rings. The number of benzene rings is 2. The lowest BCUT2D eigenvalue weighted by molar-refractivity contribution is -0.138. The van der Waals surface area contributed by atoms with Crippen LogP contribution in [0.15, 0.2) is 48.5 Å². The van der Waals surface area contributed by atoms with Gasteiger partial charge < -0.3 is 9.84 Å². The Morgan fingerprint density at radius 3 is 2.10 bits per heavy atom. The SMILES string of the molecule is CCc1ccc(CC(C(=O)O)c2ccc(OC)cc2)cc1. The zero-order valence-electron chi connectivity index (χ0n) is 12.4. The first kappa shape index (κ1) is 15.1. The first-order valence-electron chi connectivity index (χ1n) is 7.08. The molecular weight excluding hydrogens is 264 g/mol. The van der Waals surface area contributed by atoms with E-state index < -0.39 is 11.9 Å². The van der Waals surface area contributed by atoms with Crippen LogP contribution in [0.3, 0.4) is 0 Å². The zero-order valence-corrected chi connectivity index (χ0v) is 12.4. The van der Waals surface area contributed by atoms with Gasteiger partial charge in [-0.15, -0.1) is 0 Å². The van der Waals surface area contributed by atoms with Crippen LogP contribution in [0.5, 0.6) is 5.75 Å². The molecule has 110 valence electrons. The van der Waals surface area contributed by atoms with E-state index in [2.05, 4.69) is 19.1 Å². The molecule has 0 aromatic heterocycles. The van der Waals surface area contributed by atoms with Gasteiger partial charge in [0.15, 0.2) is 0 Å². The molecule has 1 N–H and O–H groups in total. The smallest absolute Gasteiger partial charge is 0.311 e. The van der Waals surface area contributed by atoms with Crippen LogP contribution in [0.2, 0.25) is 0 Å². The number of hydrogen-bond donors (Lipinski definition) is 1. The van der Waals surface area contributed by atoms with Crippen molar-refractivity contribution in [2.24, 2.45) is 0 Å². The van der Waals surface area contributed by atoms with E-state index >= 15 is 0 Å². The molecule has 0 bridgehead atoms. The first-order valence-corrected chi connectivity index (χ1v) is 7.08. The molecule has 0 spiro atoms. The Kier molecular flexibility index (Phi) is 4.99. The van der Waals surface area contributed by atoms with Gasteiger partial charge in [-0.2, -0.15) is 0 Å². The summed E-state index contributed by atoms with van der Waals surface area (Å²) in [6.07, 6.45) is 1.48. The molecular formula is C18H20O3. The van der Waals surface area contributed by atoms with E-state index in [0.717, 1.165) is 23.3 Å². The van der Waals surface area contributed by atoms with E-state index in [9.17, 15) is 9.90 Å². The molecule has 0 aliphatic heterocycles. The Hall–Kier alpha value is -2.29. The summed E-state index contributed by atoms with van der Waals surface area (Å²) < 4.78 is 5.11. The fourth-order valence-corrected chi connectivity index (χ4v) is 2.33. The maximum atomic E-state index is 11.6. The highest BCUT2D eigenvalue weighted by atomic mass is 16.5. The van der Waals surface area contributed by atoms with Crippen LogP contribution in [0.4, 0.5) is 0 Å². The molecule has 2 aromatic carbocycles. The molecule has 1 atom stereocenters. The Balaban J connectivity index is 2.19. The van der Waals surface area contributed by atoms with Crippen LogP contribution < -0.4 is 4.74 Å². The molecule has 2 rings (SSSR count). The number of aryl methyl sites for hydroxylation is 1. The quantitative estimate of drug-likeness (QED) is 0.880. The lowest BCUT2D eigenvalue weighted by atomic mass is 9.91. The minimum atomic E-state index is -0.806. The predicted molar refractivity (Wildman–Crippen MR) is 82.9 cm³/mol. The number of carboxylic acids is 1. The van der Waals surface area contributed by atoms with E-state index in [1.54, 1.807) is 19.2 Å². The average molecular weight is 284 g/mol. The number of hydrogen-bond acceptors (Lipinski definition) is 2. The van der Waals surface area contributed by atoms with Gasteiger partial charge in [-0.1, -0.05) is 43.3 Å². The van der Waals surface area contributed by atoms with Gasteiger partial charge in [0.2, 0.25) is 0 Å². The number of rotatable bonds is 6. The number of carbonyl (C=O) groups is 1. The molecule has 0 fully saturated rings. The highest BCUT2D eigenvalue weighted by Crippen LogP contribution is 2.24. The molecule has 0 amide bonds. The molecule has 21 heavy (non-hydrogen) atoms. The van der Waals surface area contributed by atoms with Gasteiger partial charge in [-0.25, -0.2) is 0 Å². The second-order valence-corrected chi connectivity index (χ2v) is 5.04. The van der Waals surface area contributed by atoms with Crippen LogP contribution in [-0.2, 0) is 17.6 Å². The normalized spacial score (nSPS) is 11.9. The number of aliphatic carboxylic acids is 1. The summed E-state index contributed by atoms with van der Waals surface area (Å²) in [4.78, 5) is 11.6. The van der Waals surface area contributed by atoms with Crippen LogP contribution in [0.25, 0.3) is 0 Å². The lowest BCUT2D eigenvalue weighted by Gasteiger charge is -2.14. The van der Waals surface area contributed by atoms with Gasteiger partial charge in [0.1, 0.15) is 5.75 Å². The molecule has 0 heterocycles. The Labute approximate surface area is 125 Å². The minimum absolute atomic E-state index is 0.492. The van der Waals surface area contributed by atoms with Crippen molar-refractivity contribution < 1.29 is 14.6 Å². The van der Waals surface area contributed by atoms with Gasteiger partial charge in [-0.05, 0) is 41.7 Å². The molecule has 3 heteroatoms. The third-order valence-electron chi connectivity index (χ3n) is 3.69. The standard InChI is InChI=1S/C18H20O3/c1-3-13-4-6-14(7-5-13)12-17(18(19)20)15-8-10-16(21-2)11-9-15/h4-11,17H,3,12H2,1-2H3,(H,19,20). The van der Waals surface area contributed by atoms with Crippen molar-refractivity contribution in [1.82, 2.24) is 0 Å². The maximum Gasteiger partial charge on any atom is 0.311 e. The van der Waals surface area contributed by atoms with Crippen LogP contribution >= 0.6 is 0 Å². The van der Waals surface area contributed by atoms with Gasteiger partial charge in [0, 0.05) is 0 Å². The minimum Gasteiger partial charge on any atom is -0.497 e. The lowest BCUT2D eigenvalue weighted by Crippen LogP contribution is -2.14. The van der Waals surface area contributed by atoms with Crippen molar-refractivity contribution in [1.29, 1.82) is 0 Å². The van der Waals surface area contributed by atoms with E-state index in [-0.39, 0.29) is 0 Å². The Morgan fingerprint density at radius 2 is 1.62 bits per heavy atom. The van der Waals surface area contributed by atoms with Crippen molar-refractivity contribution in [2.45, 2.75) is 25.7 Å². The number of carboxylic acid groups (broad SMARTS) is 1. The van der Waals surface area contributed by atoms with E-state index in [0.29, 0.717) is 6.42 Å². The van der Waals surface area contributed by atoms with Crippen LogP contribution in [0.1, 0.15) is 29.5 Å². The van der Waals surface area contributed by atoms with Gasteiger partial charge in [0.05, 0.1) is 13.0 Å². The summed E-state index contributed by atoms with van der Waals surface area (Å²) >= 11 is 0. The van der Waals surface area contributed by atoms with E-state index in [1.807, 2.05) is 24.3 Å². The third-order valence-corrected chi connectivity index (χ3v) is 3.69. The molecule has 0 saturated heterocycles. The summed E-state index contributed by atoms with van der Waals surface area (Å²) in [6.45, 7) is 2.10. The van der Waals surface area contributed by atoms with Crippen LogP contribution in [0, 0.1) is 0 Å². The zero-order chi connectivity index (χ0) is 15.2. The highest BCUT2D eigenvalue weighted by Gasteiger charge is 2.20.